The van der Waals surface area contributed by atoms with E-state index in [9.17, 15) is 22.8 Å². The van der Waals surface area contributed by atoms with E-state index < -0.39 is 22.0 Å². The lowest BCUT2D eigenvalue weighted by atomic mass is 10.1. The van der Waals surface area contributed by atoms with Crippen molar-refractivity contribution in [2.75, 3.05) is 39.8 Å². The molecule has 3 heterocycles. The van der Waals surface area contributed by atoms with Gasteiger partial charge in [0.25, 0.3) is 5.56 Å². The summed E-state index contributed by atoms with van der Waals surface area (Å²) in [5.41, 5.74) is 1.75. The zero-order valence-electron chi connectivity index (χ0n) is 26.4. The van der Waals surface area contributed by atoms with E-state index in [1.807, 2.05) is 20.9 Å². The molecule has 1 aromatic carbocycles. The number of sulfonamides is 1. The number of carboxylic acids is 2. The zero-order valence-corrected chi connectivity index (χ0v) is 27.2. The standard InChI is InChI=1S/C22H30N6O4S.C8H14O4/c1-5-7-17-19-20(27(4)25-17)22(29)24-21(23-19)16-14-15(8-9-18(16)32-6-2)33(30,31)28-12-10-26(3)11-13-28;9-7(10)5-3-1-2-4-6-8(11)12/h8-9,14H,5-7,10-13H2,1-4H3,(H,23,24,29);1-6H2,(H,9,10)(H,11,12). The Kier molecular flexibility index (Phi) is 13.1. The lowest BCUT2D eigenvalue weighted by Crippen LogP contribution is -2.47. The molecule has 15 heteroatoms. The molecular weight excluding hydrogens is 604 g/mol. The summed E-state index contributed by atoms with van der Waals surface area (Å²) < 4.78 is 35.4. The predicted molar refractivity (Wildman–Crippen MR) is 169 cm³/mol. The fraction of sp³-hybridized carbons (Fsp3) is 0.567. The number of hydrogen-bond acceptors (Lipinski definition) is 9. The molecule has 4 rings (SSSR count). The average Bonchev–Trinajstić information content (AvgIpc) is 3.30. The molecule has 0 atom stereocenters. The molecule has 0 unspecified atom stereocenters. The Bertz CT molecular complexity index is 1610. The van der Waals surface area contributed by atoms with Crippen LogP contribution in [0.25, 0.3) is 22.4 Å². The third-order valence-electron chi connectivity index (χ3n) is 7.39. The van der Waals surface area contributed by atoms with Crippen LogP contribution in [0.2, 0.25) is 0 Å². The van der Waals surface area contributed by atoms with Gasteiger partial charge in [0, 0.05) is 46.1 Å². The highest BCUT2D eigenvalue weighted by molar-refractivity contribution is 7.89. The van der Waals surface area contributed by atoms with E-state index in [0.29, 0.717) is 74.4 Å². The molecule has 45 heavy (non-hydrogen) atoms. The topological polar surface area (TPSA) is 188 Å². The van der Waals surface area contributed by atoms with Crippen LogP contribution < -0.4 is 10.3 Å². The number of piperazine rings is 1. The van der Waals surface area contributed by atoms with Crippen LogP contribution in [0.3, 0.4) is 0 Å². The van der Waals surface area contributed by atoms with E-state index in [-0.39, 0.29) is 29.1 Å². The minimum atomic E-state index is -3.70. The first kappa shape index (κ1) is 35.7. The number of benzene rings is 1. The van der Waals surface area contributed by atoms with Crippen molar-refractivity contribution in [3.05, 3.63) is 34.2 Å². The number of H-pyrrole nitrogens is 1. The van der Waals surface area contributed by atoms with Crippen molar-refractivity contribution in [2.45, 2.75) is 70.1 Å². The number of nitrogens with zero attached hydrogens (tertiary/aromatic N) is 5. The predicted octanol–water partition coefficient (Wildman–Crippen LogP) is 3.11. The largest absolute Gasteiger partial charge is 0.493 e. The van der Waals surface area contributed by atoms with Gasteiger partial charge >= 0.3 is 11.9 Å². The maximum Gasteiger partial charge on any atom is 0.303 e. The Morgan fingerprint density at radius 3 is 2.16 bits per heavy atom. The van der Waals surface area contributed by atoms with Crippen LogP contribution in [-0.2, 0) is 33.1 Å². The summed E-state index contributed by atoms with van der Waals surface area (Å²) in [6.45, 7) is 6.48. The maximum absolute atomic E-state index is 13.3. The number of hydrogen-bond donors (Lipinski definition) is 3. The first-order valence-corrected chi connectivity index (χ1v) is 16.7. The van der Waals surface area contributed by atoms with Gasteiger partial charge in [0.15, 0.2) is 5.52 Å². The Morgan fingerprint density at radius 1 is 0.978 bits per heavy atom. The van der Waals surface area contributed by atoms with Crippen molar-refractivity contribution in [3.8, 4) is 17.1 Å². The first-order valence-electron chi connectivity index (χ1n) is 15.2. The number of aliphatic carboxylic acids is 2. The van der Waals surface area contributed by atoms with Gasteiger partial charge in [-0.3, -0.25) is 19.1 Å². The molecule has 14 nitrogen and oxygen atoms in total. The monoisotopic (exact) mass is 648 g/mol. The fourth-order valence-electron chi connectivity index (χ4n) is 5.00. The number of aromatic nitrogens is 4. The summed E-state index contributed by atoms with van der Waals surface area (Å²) in [5, 5.41) is 21.0. The number of nitrogens with one attached hydrogen (secondary N) is 1. The van der Waals surface area contributed by atoms with E-state index in [1.165, 1.54) is 8.99 Å². The van der Waals surface area contributed by atoms with E-state index in [1.54, 1.807) is 25.2 Å². The van der Waals surface area contributed by atoms with Gasteiger partial charge in [-0.1, -0.05) is 26.2 Å². The molecule has 2 aromatic heterocycles. The molecule has 0 bridgehead atoms. The number of fused-ring (bicyclic) bond motifs is 1. The zero-order chi connectivity index (χ0) is 33.1. The Labute approximate surface area is 263 Å². The van der Waals surface area contributed by atoms with Gasteiger partial charge in [0.1, 0.15) is 17.1 Å². The highest BCUT2D eigenvalue weighted by Crippen LogP contribution is 2.32. The summed E-state index contributed by atoms with van der Waals surface area (Å²) in [6.07, 6.45) is 4.82. The van der Waals surface area contributed by atoms with E-state index >= 15 is 0 Å². The van der Waals surface area contributed by atoms with Gasteiger partial charge in [0.2, 0.25) is 10.0 Å². The molecule has 1 aliphatic heterocycles. The van der Waals surface area contributed by atoms with E-state index in [0.717, 1.165) is 25.0 Å². The second kappa shape index (κ2) is 16.5. The number of carboxylic acid groups (broad SMARTS) is 2. The van der Waals surface area contributed by atoms with Gasteiger partial charge in [0.05, 0.1) is 22.8 Å². The summed E-state index contributed by atoms with van der Waals surface area (Å²) in [4.78, 5) is 42.8. The van der Waals surface area contributed by atoms with Crippen LogP contribution in [0.15, 0.2) is 27.9 Å². The van der Waals surface area contributed by atoms with Crippen molar-refractivity contribution in [1.82, 2.24) is 29.0 Å². The molecule has 1 fully saturated rings. The number of aromatic amines is 1. The maximum atomic E-state index is 13.3. The summed E-state index contributed by atoms with van der Waals surface area (Å²) in [7, 11) is -0.00831. The smallest absolute Gasteiger partial charge is 0.303 e. The Hall–Kier alpha value is -3.82. The highest BCUT2D eigenvalue weighted by Gasteiger charge is 2.29. The molecule has 1 aliphatic rings. The average molecular weight is 649 g/mol. The van der Waals surface area contributed by atoms with Crippen molar-refractivity contribution in [3.63, 3.8) is 0 Å². The Morgan fingerprint density at radius 2 is 1.60 bits per heavy atom. The highest BCUT2D eigenvalue weighted by atomic mass is 32.2. The van der Waals surface area contributed by atoms with Gasteiger partial charge in [-0.25, -0.2) is 13.4 Å². The van der Waals surface area contributed by atoms with Crippen LogP contribution in [0.5, 0.6) is 5.75 Å². The summed E-state index contributed by atoms with van der Waals surface area (Å²) >= 11 is 0. The van der Waals surface area contributed by atoms with E-state index in [4.69, 9.17) is 19.9 Å². The van der Waals surface area contributed by atoms with Crippen LogP contribution in [-0.4, -0.2) is 99.4 Å². The third-order valence-corrected chi connectivity index (χ3v) is 9.28. The molecule has 0 radical (unpaired) electrons. The van der Waals surface area contributed by atoms with Gasteiger partial charge < -0.3 is 24.8 Å². The lowest BCUT2D eigenvalue weighted by Gasteiger charge is -2.31. The molecule has 248 valence electrons. The molecule has 0 amide bonds. The van der Waals surface area contributed by atoms with Crippen LogP contribution in [0.4, 0.5) is 0 Å². The second-order valence-electron chi connectivity index (χ2n) is 10.9. The van der Waals surface area contributed by atoms with Crippen molar-refractivity contribution in [2.24, 2.45) is 7.05 Å². The molecule has 1 saturated heterocycles. The molecule has 0 saturated carbocycles. The van der Waals surface area contributed by atoms with Gasteiger partial charge in [-0.2, -0.15) is 9.40 Å². The van der Waals surface area contributed by atoms with Crippen LogP contribution >= 0.6 is 0 Å². The van der Waals surface area contributed by atoms with Crippen molar-refractivity contribution in [1.29, 1.82) is 0 Å². The van der Waals surface area contributed by atoms with Gasteiger partial charge in [-0.05, 0) is 51.4 Å². The third kappa shape index (κ3) is 9.58. The number of likely N-dealkylation sites (N-methyl/N-ethyl adjacent to an activating group) is 1. The minimum absolute atomic E-state index is 0.147. The summed E-state index contributed by atoms with van der Waals surface area (Å²) in [5.74, 6) is -0.851. The lowest BCUT2D eigenvalue weighted by molar-refractivity contribution is -0.138. The number of unbranched alkanes of at least 4 members (excludes halogenated alkanes) is 3. The molecule has 0 aliphatic carbocycles. The minimum Gasteiger partial charge on any atom is -0.493 e. The quantitative estimate of drug-likeness (QED) is 0.218. The molecule has 3 aromatic rings. The van der Waals surface area contributed by atoms with Crippen LogP contribution in [0.1, 0.15) is 64.5 Å². The van der Waals surface area contributed by atoms with Crippen molar-refractivity contribution < 1.29 is 33.0 Å². The van der Waals surface area contributed by atoms with Gasteiger partial charge in [-0.15, -0.1) is 0 Å². The first-order chi connectivity index (χ1) is 21.4. The van der Waals surface area contributed by atoms with Crippen molar-refractivity contribution >= 4 is 33.0 Å². The van der Waals surface area contributed by atoms with E-state index in [2.05, 4.69) is 15.0 Å². The SMILES string of the molecule is CCCc1nn(C)c2c(=O)[nH]c(-c3cc(S(=O)(=O)N4CCN(C)CC4)ccc3OCC)nc12.O=C(O)CCCCCCC(=O)O. The molecule has 3 N–H and O–H groups in total. The summed E-state index contributed by atoms with van der Waals surface area (Å²) in [6, 6.07) is 4.71. The van der Waals surface area contributed by atoms with Crippen LogP contribution in [0, 0.1) is 0 Å². The fourth-order valence-corrected chi connectivity index (χ4v) is 6.45. The number of ether oxygens (including phenoxy) is 1. The number of carbonyl (C=O) groups is 2. The number of rotatable bonds is 14. The molecule has 0 spiro atoms. The molecular formula is C30H44N6O8S. The Balaban J connectivity index is 0.000000392. The normalized spacial score (nSPS) is 14.2. The number of aryl methyl sites for hydroxylation is 2. The second-order valence-corrected chi connectivity index (χ2v) is 12.9.